The fraction of sp³-hybridized carbons (Fsp3) is 0.375. The molecular weight excluding hydrogens is 479 g/mol. The monoisotopic (exact) mass is 504 g/mol. The number of benzene rings is 2. The normalized spacial score (nSPS) is 15.0. The van der Waals surface area contributed by atoms with Gasteiger partial charge in [-0.1, -0.05) is 46.6 Å². The van der Waals surface area contributed by atoms with Gasteiger partial charge in [-0.15, -0.1) is 0 Å². The van der Waals surface area contributed by atoms with E-state index in [-0.39, 0.29) is 11.8 Å². The lowest BCUT2D eigenvalue weighted by Gasteiger charge is -2.30. The molecule has 3 aromatic rings. The van der Waals surface area contributed by atoms with Crippen molar-refractivity contribution < 1.29 is 9.32 Å². The second kappa shape index (κ2) is 11.9. The Morgan fingerprint density at radius 2 is 1.88 bits per heavy atom. The number of rotatable bonds is 9. The lowest BCUT2D eigenvalue weighted by Crippen LogP contribution is -2.40. The molecule has 1 fully saturated rings. The van der Waals surface area contributed by atoms with Crippen molar-refractivity contribution in [2.45, 2.75) is 25.1 Å². The number of halogens is 2. The zero-order chi connectivity index (χ0) is 23.0. The van der Waals surface area contributed by atoms with Gasteiger partial charge in [0.15, 0.2) is 0 Å². The Labute approximate surface area is 208 Å². The van der Waals surface area contributed by atoms with E-state index < -0.39 is 0 Å². The van der Waals surface area contributed by atoms with E-state index >= 15 is 0 Å². The van der Waals surface area contributed by atoms with Crippen molar-refractivity contribution >= 4 is 40.9 Å². The molecule has 9 heteroatoms. The summed E-state index contributed by atoms with van der Waals surface area (Å²) in [4.78, 5) is 19.3. The number of carbonyl (C=O) groups is 1. The van der Waals surface area contributed by atoms with Gasteiger partial charge in [-0.3, -0.25) is 9.69 Å². The van der Waals surface area contributed by atoms with Crippen molar-refractivity contribution in [3.05, 3.63) is 70.0 Å². The minimum Gasteiger partial charge on any atom is -0.355 e. The van der Waals surface area contributed by atoms with Gasteiger partial charge in [0.05, 0.1) is 6.54 Å². The van der Waals surface area contributed by atoms with Crippen LogP contribution in [0.4, 0.5) is 0 Å². The molecule has 0 aliphatic carbocycles. The Morgan fingerprint density at radius 1 is 1.12 bits per heavy atom. The van der Waals surface area contributed by atoms with Crippen LogP contribution in [0.3, 0.4) is 0 Å². The lowest BCUT2D eigenvalue weighted by molar-refractivity contribution is -0.126. The smallest absolute Gasteiger partial charge is 0.241 e. The molecule has 1 aromatic heterocycles. The van der Waals surface area contributed by atoms with Crippen LogP contribution in [0.2, 0.25) is 10.0 Å². The number of thioether (sulfide) groups is 1. The fourth-order valence-corrected chi connectivity index (χ4v) is 5.04. The first kappa shape index (κ1) is 24.1. The van der Waals surface area contributed by atoms with Crippen molar-refractivity contribution in [1.82, 2.24) is 20.4 Å². The molecule has 174 valence electrons. The summed E-state index contributed by atoms with van der Waals surface area (Å²) in [6.07, 6.45) is 1.66. The average Bonchev–Trinajstić information content (AvgIpc) is 3.29. The third-order valence-corrected chi connectivity index (χ3v) is 7.28. The number of hydrogen-bond donors (Lipinski definition) is 1. The maximum atomic E-state index is 12.5. The number of piperidine rings is 1. The highest BCUT2D eigenvalue weighted by molar-refractivity contribution is 7.98. The van der Waals surface area contributed by atoms with Crippen LogP contribution in [0, 0.1) is 5.92 Å². The van der Waals surface area contributed by atoms with Crippen molar-refractivity contribution in [3.63, 3.8) is 0 Å². The van der Waals surface area contributed by atoms with Gasteiger partial charge in [0.2, 0.25) is 17.6 Å². The number of hydrogen-bond acceptors (Lipinski definition) is 6. The van der Waals surface area contributed by atoms with E-state index in [0.29, 0.717) is 29.8 Å². The summed E-state index contributed by atoms with van der Waals surface area (Å²) in [5.74, 6) is 3.06. The zero-order valence-electron chi connectivity index (χ0n) is 18.2. The summed E-state index contributed by atoms with van der Waals surface area (Å²) in [6.45, 7) is 2.92. The molecule has 0 atom stereocenters. The number of carbonyl (C=O) groups excluding carboxylic acids is 1. The largest absolute Gasteiger partial charge is 0.355 e. The summed E-state index contributed by atoms with van der Waals surface area (Å²) in [5, 5.41) is 8.62. The van der Waals surface area contributed by atoms with E-state index in [0.717, 1.165) is 53.6 Å². The molecule has 0 unspecified atom stereocenters. The van der Waals surface area contributed by atoms with Crippen molar-refractivity contribution in [2.24, 2.45) is 5.92 Å². The third-order valence-electron chi connectivity index (χ3n) is 5.65. The summed E-state index contributed by atoms with van der Waals surface area (Å²) < 4.78 is 5.42. The second-order valence-corrected chi connectivity index (χ2v) is 9.95. The number of aromatic nitrogens is 2. The molecular formula is C24H26Cl2N4O2S. The van der Waals surface area contributed by atoms with E-state index in [1.54, 1.807) is 23.9 Å². The molecule has 2 heterocycles. The van der Waals surface area contributed by atoms with Gasteiger partial charge >= 0.3 is 0 Å². The van der Waals surface area contributed by atoms with Gasteiger partial charge < -0.3 is 9.84 Å². The Balaban J connectivity index is 1.14. The molecule has 0 bridgehead atoms. The van der Waals surface area contributed by atoms with E-state index in [4.69, 9.17) is 27.7 Å². The highest BCUT2D eigenvalue weighted by atomic mass is 35.5. The molecule has 33 heavy (non-hydrogen) atoms. The van der Waals surface area contributed by atoms with E-state index in [9.17, 15) is 4.79 Å². The molecule has 1 aliphatic heterocycles. The Morgan fingerprint density at radius 3 is 2.64 bits per heavy atom. The average molecular weight is 505 g/mol. The highest BCUT2D eigenvalue weighted by Gasteiger charge is 2.25. The molecule has 4 rings (SSSR count). The molecule has 0 spiro atoms. The molecule has 1 amide bonds. The molecule has 1 N–H and O–H groups in total. The molecule has 0 saturated carbocycles. The van der Waals surface area contributed by atoms with E-state index in [2.05, 4.69) is 20.4 Å². The molecule has 2 aromatic carbocycles. The zero-order valence-corrected chi connectivity index (χ0v) is 20.5. The van der Waals surface area contributed by atoms with Crippen molar-refractivity contribution in [3.8, 4) is 11.4 Å². The Bertz CT molecular complexity index is 1050. The van der Waals surface area contributed by atoms with Crippen LogP contribution < -0.4 is 5.32 Å². The Hall–Kier alpha value is -2.06. The maximum Gasteiger partial charge on any atom is 0.241 e. The van der Waals surface area contributed by atoms with Gasteiger partial charge in [-0.25, -0.2) is 0 Å². The summed E-state index contributed by atoms with van der Waals surface area (Å²) in [5.41, 5.74) is 2.00. The molecule has 6 nitrogen and oxygen atoms in total. The highest BCUT2D eigenvalue weighted by Crippen LogP contribution is 2.22. The first-order valence-corrected chi connectivity index (χ1v) is 12.9. The first-order chi connectivity index (χ1) is 16.1. The predicted octanol–water partition coefficient (Wildman–Crippen LogP) is 5.31. The van der Waals surface area contributed by atoms with E-state index in [1.807, 2.05) is 36.4 Å². The van der Waals surface area contributed by atoms with Crippen LogP contribution >= 0.6 is 35.0 Å². The van der Waals surface area contributed by atoms with Gasteiger partial charge in [-0.2, -0.15) is 16.7 Å². The second-order valence-electron chi connectivity index (χ2n) is 8.00. The topological polar surface area (TPSA) is 71.3 Å². The lowest BCUT2D eigenvalue weighted by atomic mass is 9.96. The quantitative estimate of drug-likeness (QED) is 0.398. The number of nitrogens with zero attached hydrogens (tertiary/aromatic N) is 3. The standard InChI is InChI=1S/C24H26Cl2N4O2S/c25-20-7-5-17(6-8-20)23-28-22(32-29-23)15-30-12-9-18(10-13-30)24(31)27-11-14-33-16-19-3-1-2-4-21(19)26/h1-8,18H,9-16H2,(H,27,31). The number of amides is 1. The summed E-state index contributed by atoms with van der Waals surface area (Å²) >= 11 is 13.9. The maximum absolute atomic E-state index is 12.5. The van der Waals surface area contributed by atoms with Crippen LogP contribution in [0.15, 0.2) is 53.1 Å². The van der Waals surface area contributed by atoms with Crippen LogP contribution in [0.25, 0.3) is 11.4 Å². The minimum absolute atomic E-state index is 0.0575. The predicted molar refractivity (Wildman–Crippen MR) is 133 cm³/mol. The number of nitrogens with one attached hydrogen (secondary N) is 1. The van der Waals surface area contributed by atoms with Crippen LogP contribution in [0.5, 0.6) is 0 Å². The van der Waals surface area contributed by atoms with Gasteiger partial charge in [-0.05, 0) is 61.8 Å². The number of likely N-dealkylation sites (tertiary alicyclic amines) is 1. The molecule has 1 saturated heterocycles. The molecule has 0 radical (unpaired) electrons. The van der Waals surface area contributed by atoms with Crippen LogP contribution in [-0.4, -0.2) is 46.3 Å². The van der Waals surface area contributed by atoms with Crippen molar-refractivity contribution in [1.29, 1.82) is 0 Å². The Kier molecular flexibility index (Phi) is 8.67. The van der Waals surface area contributed by atoms with Gasteiger partial charge in [0.25, 0.3) is 0 Å². The minimum atomic E-state index is 0.0575. The first-order valence-electron chi connectivity index (χ1n) is 11.0. The van der Waals surface area contributed by atoms with E-state index in [1.165, 1.54) is 0 Å². The summed E-state index contributed by atoms with van der Waals surface area (Å²) in [6, 6.07) is 15.2. The third kappa shape index (κ3) is 6.96. The summed E-state index contributed by atoms with van der Waals surface area (Å²) in [7, 11) is 0. The van der Waals surface area contributed by atoms with Crippen LogP contribution in [0.1, 0.15) is 24.3 Å². The SMILES string of the molecule is O=C(NCCSCc1ccccc1Cl)C1CCN(Cc2nc(-c3ccc(Cl)cc3)no2)CC1. The van der Waals surface area contributed by atoms with Crippen LogP contribution in [-0.2, 0) is 17.1 Å². The van der Waals surface area contributed by atoms with Crippen molar-refractivity contribution in [2.75, 3.05) is 25.4 Å². The fourth-order valence-electron chi connectivity index (χ4n) is 3.77. The molecule has 1 aliphatic rings. The van der Waals surface area contributed by atoms with Gasteiger partial charge in [0.1, 0.15) is 0 Å². The van der Waals surface area contributed by atoms with Gasteiger partial charge in [0, 0.05) is 39.6 Å².